The quantitative estimate of drug-likeness (QED) is 0.681. The van der Waals surface area contributed by atoms with Crippen molar-refractivity contribution < 1.29 is 0 Å². The van der Waals surface area contributed by atoms with E-state index >= 15 is 0 Å². The summed E-state index contributed by atoms with van der Waals surface area (Å²) in [7, 11) is 1.30. The summed E-state index contributed by atoms with van der Waals surface area (Å²) in [6.07, 6.45) is 4.44. The number of rotatable bonds is 2. The Morgan fingerprint density at radius 3 is 1.82 bits per heavy atom. The molecule has 0 amide bonds. The molecule has 2 aromatic rings. The monoisotopic (exact) mass is 235 g/mol. The molecule has 17 heavy (non-hydrogen) atoms. The average Bonchev–Trinajstić information content (AvgIpc) is 2.90. The van der Waals surface area contributed by atoms with E-state index in [4.69, 9.17) is 0 Å². The highest BCUT2D eigenvalue weighted by atomic mass is 31.1. The molecule has 1 aliphatic heterocycles. The SMILES string of the molecule is C1=CC(c2ccccc2)=P[C]1c1ccccc1. The van der Waals surface area contributed by atoms with Gasteiger partial charge in [-0.1, -0.05) is 81.0 Å². The van der Waals surface area contributed by atoms with Crippen LogP contribution < -0.4 is 0 Å². The minimum atomic E-state index is 1.30. The highest BCUT2D eigenvalue weighted by Gasteiger charge is 2.13. The number of allylic oxidation sites excluding steroid dienone is 2. The second kappa shape index (κ2) is 4.69. The summed E-state index contributed by atoms with van der Waals surface area (Å²) in [6, 6.07) is 21.1. The van der Waals surface area contributed by atoms with Gasteiger partial charge in [0.1, 0.15) is 0 Å². The molecule has 2 aromatic carbocycles. The van der Waals surface area contributed by atoms with E-state index in [1.54, 1.807) is 0 Å². The maximum absolute atomic E-state index is 2.22. The molecule has 3 rings (SSSR count). The van der Waals surface area contributed by atoms with Crippen molar-refractivity contribution in [3.8, 4) is 0 Å². The molecule has 0 unspecified atom stereocenters. The number of hydrogen-bond acceptors (Lipinski definition) is 0. The summed E-state index contributed by atoms with van der Waals surface area (Å²) < 4.78 is 0. The van der Waals surface area contributed by atoms with E-state index in [0.717, 1.165) is 0 Å². The molecule has 0 fully saturated rings. The lowest BCUT2D eigenvalue weighted by Gasteiger charge is -2.03. The molecule has 1 radical (unpaired) electrons. The van der Waals surface area contributed by atoms with Crippen LogP contribution in [-0.4, -0.2) is 5.29 Å². The van der Waals surface area contributed by atoms with Crippen molar-refractivity contribution in [2.75, 3.05) is 0 Å². The summed E-state index contributed by atoms with van der Waals surface area (Å²) in [5.74, 6) is 0. The lowest BCUT2D eigenvalue weighted by molar-refractivity contribution is 1.49. The van der Waals surface area contributed by atoms with Crippen molar-refractivity contribution in [1.82, 2.24) is 0 Å². The van der Waals surface area contributed by atoms with E-state index in [1.165, 1.54) is 30.3 Å². The molecule has 0 aliphatic carbocycles. The Balaban J connectivity index is 1.91. The van der Waals surface area contributed by atoms with Gasteiger partial charge in [0, 0.05) is 5.29 Å². The molecule has 0 nitrogen and oxygen atoms in total. The number of benzene rings is 2. The van der Waals surface area contributed by atoms with Crippen LogP contribution in [0.15, 0.2) is 72.8 Å². The van der Waals surface area contributed by atoms with E-state index in [9.17, 15) is 0 Å². The topological polar surface area (TPSA) is 0 Å². The molecule has 81 valence electrons. The first-order valence-corrected chi connectivity index (χ1v) is 6.57. The van der Waals surface area contributed by atoms with E-state index in [-0.39, 0.29) is 0 Å². The van der Waals surface area contributed by atoms with Crippen LogP contribution in [0.1, 0.15) is 11.1 Å². The highest BCUT2D eigenvalue weighted by Crippen LogP contribution is 2.35. The average molecular weight is 235 g/mol. The Labute approximate surface area is 103 Å². The normalized spacial score (nSPS) is 15.9. The molecule has 0 saturated heterocycles. The molecule has 0 bridgehead atoms. The summed E-state index contributed by atoms with van der Waals surface area (Å²) in [4.78, 5) is 0. The van der Waals surface area contributed by atoms with Crippen molar-refractivity contribution >= 4 is 13.5 Å². The van der Waals surface area contributed by atoms with Gasteiger partial charge in [0.2, 0.25) is 0 Å². The molecule has 0 N–H and O–H groups in total. The predicted molar refractivity (Wildman–Crippen MR) is 75.4 cm³/mol. The van der Waals surface area contributed by atoms with Crippen molar-refractivity contribution in [3.05, 3.63) is 89.6 Å². The Hall–Kier alpha value is -1.65. The molecule has 1 aliphatic rings. The zero-order chi connectivity index (χ0) is 11.5. The standard InChI is InChI=1S/C16H12P/c1-3-7-13(8-4-1)15-11-12-16(17-15)14-9-5-2-6-10-14/h1-12H. The van der Waals surface area contributed by atoms with E-state index < -0.39 is 0 Å². The molecular weight excluding hydrogens is 223 g/mol. The van der Waals surface area contributed by atoms with Crippen molar-refractivity contribution in [2.24, 2.45) is 0 Å². The second-order valence-corrected chi connectivity index (χ2v) is 5.13. The Morgan fingerprint density at radius 2 is 1.18 bits per heavy atom. The van der Waals surface area contributed by atoms with E-state index in [0.29, 0.717) is 0 Å². The van der Waals surface area contributed by atoms with Crippen LogP contribution in [0.5, 0.6) is 0 Å². The van der Waals surface area contributed by atoms with Crippen LogP contribution in [0, 0.1) is 5.66 Å². The molecule has 0 spiro atoms. The third-order valence-electron chi connectivity index (χ3n) is 2.78. The maximum Gasteiger partial charge on any atom is 0.0767 e. The largest absolute Gasteiger partial charge is 0.0779 e. The number of hydrogen-bond donors (Lipinski definition) is 0. The van der Waals surface area contributed by atoms with Gasteiger partial charge in [-0.3, -0.25) is 0 Å². The van der Waals surface area contributed by atoms with Crippen LogP contribution in [0.4, 0.5) is 0 Å². The van der Waals surface area contributed by atoms with Crippen LogP contribution in [0.3, 0.4) is 0 Å². The Bertz CT molecular complexity index is 553. The van der Waals surface area contributed by atoms with Gasteiger partial charge in [-0.2, -0.15) is 0 Å². The summed E-state index contributed by atoms with van der Waals surface area (Å²) >= 11 is 0. The van der Waals surface area contributed by atoms with Gasteiger partial charge in [-0.15, -0.1) is 0 Å². The van der Waals surface area contributed by atoms with Gasteiger partial charge in [0.05, 0.1) is 5.66 Å². The fourth-order valence-corrected chi connectivity index (χ4v) is 3.02. The van der Waals surface area contributed by atoms with Crippen LogP contribution >= 0.6 is 8.20 Å². The lowest BCUT2D eigenvalue weighted by atomic mass is 10.1. The van der Waals surface area contributed by atoms with Gasteiger partial charge >= 0.3 is 0 Å². The van der Waals surface area contributed by atoms with Gasteiger partial charge in [-0.05, 0) is 11.1 Å². The molecule has 1 heteroatoms. The fraction of sp³-hybridized carbons (Fsp3) is 0. The molecule has 1 heterocycles. The van der Waals surface area contributed by atoms with Gasteiger partial charge in [0.25, 0.3) is 0 Å². The van der Waals surface area contributed by atoms with E-state index in [2.05, 4.69) is 72.8 Å². The van der Waals surface area contributed by atoms with E-state index in [1.807, 2.05) is 0 Å². The zero-order valence-electron chi connectivity index (χ0n) is 9.38. The smallest absolute Gasteiger partial charge is 0.0767 e. The second-order valence-electron chi connectivity index (χ2n) is 3.95. The van der Waals surface area contributed by atoms with Crippen molar-refractivity contribution in [2.45, 2.75) is 0 Å². The van der Waals surface area contributed by atoms with Gasteiger partial charge in [-0.25, -0.2) is 0 Å². The summed E-state index contributed by atoms with van der Waals surface area (Å²) in [6.45, 7) is 0. The molecule has 0 aromatic heterocycles. The molecule has 0 atom stereocenters. The van der Waals surface area contributed by atoms with Crippen LogP contribution in [-0.2, 0) is 0 Å². The minimum Gasteiger partial charge on any atom is -0.0779 e. The summed E-state index contributed by atoms with van der Waals surface area (Å²) in [5, 5.41) is 1.38. The Morgan fingerprint density at radius 1 is 0.588 bits per heavy atom. The van der Waals surface area contributed by atoms with Crippen molar-refractivity contribution in [1.29, 1.82) is 0 Å². The Kier molecular flexibility index (Phi) is 2.90. The van der Waals surface area contributed by atoms with Crippen LogP contribution in [0.2, 0.25) is 0 Å². The first-order chi connectivity index (χ1) is 8.43. The minimum absolute atomic E-state index is 1.30. The summed E-state index contributed by atoms with van der Waals surface area (Å²) in [5.41, 5.74) is 4.01. The first-order valence-electron chi connectivity index (χ1n) is 5.68. The molecule has 0 saturated carbocycles. The van der Waals surface area contributed by atoms with Crippen LogP contribution in [0.25, 0.3) is 0 Å². The lowest BCUT2D eigenvalue weighted by Crippen LogP contribution is -1.89. The van der Waals surface area contributed by atoms with Gasteiger partial charge < -0.3 is 0 Å². The maximum atomic E-state index is 2.22. The third kappa shape index (κ3) is 2.23. The fourth-order valence-electron chi connectivity index (χ4n) is 1.90. The highest BCUT2D eigenvalue weighted by molar-refractivity contribution is 7.46. The first kappa shape index (κ1) is 10.5. The zero-order valence-corrected chi connectivity index (χ0v) is 10.3. The van der Waals surface area contributed by atoms with Crippen molar-refractivity contribution in [3.63, 3.8) is 0 Å². The predicted octanol–water partition coefficient (Wildman–Crippen LogP) is 4.30. The third-order valence-corrected chi connectivity index (χ3v) is 4.08. The van der Waals surface area contributed by atoms with Gasteiger partial charge in [0.15, 0.2) is 0 Å². The molecular formula is C16H12P.